The summed E-state index contributed by atoms with van der Waals surface area (Å²) in [5.74, 6) is 0.418. The number of benzene rings is 1. The van der Waals surface area contributed by atoms with E-state index in [9.17, 15) is 4.79 Å². The normalized spacial score (nSPS) is 10.2. The number of carbonyl (C=O) groups is 1. The van der Waals surface area contributed by atoms with Gasteiger partial charge in [0.15, 0.2) is 6.61 Å². The summed E-state index contributed by atoms with van der Waals surface area (Å²) >= 11 is 1.08. The maximum atomic E-state index is 12.3. The lowest BCUT2D eigenvalue weighted by atomic mass is 10.1. The summed E-state index contributed by atoms with van der Waals surface area (Å²) in [6, 6.07) is 8.78. The Kier molecular flexibility index (Phi) is 4.85. The summed E-state index contributed by atoms with van der Waals surface area (Å²) < 4.78 is 9.03. The van der Waals surface area contributed by atoms with E-state index in [1.54, 1.807) is 24.3 Å². The van der Waals surface area contributed by atoms with Crippen LogP contribution in [-0.2, 0) is 0 Å². The van der Waals surface area contributed by atoms with Gasteiger partial charge in [-0.2, -0.15) is 5.26 Å². The van der Waals surface area contributed by atoms with Crippen molar-refractivity contribution in [1.82, 2.24) is 9.59 Å². The van der Waals surface area contributed by atoms with Crippen LogP contribution in [0.2, 0.25) is 0 Å². The first kappa shape index (κ1) is 14.9. The molecule has 21 heavy (non-hydrogen) atoms. The van der Waals surface area contributed by atoms with E-state index < -0.39 is 0 Å². The number of amides is 1. The lowest BCUT2D eigenvalue weighted by molar-refractivity contribution is 0.102. The molecule has 0 aliphatic carbocycles. The maximum absolute atomic E-state index is 12.3. The molecule has 1 heterocycles. The number of nitriles is 1. The van der Waals surface area contributed by atoms with Crippen molar-refractivity contribution in [2.24, 2.45) is 0 Å². The van der Waals surface area contributed by atoms with Gasteiger partial charge in [-0.25, -0.2) is 0 Å². The summed E-state index contributed by atoms with van der Waals surface area (Å²) in [7, 11) is 0. The van der Waals surface area contributed by atoms with Crippen LogP contribution in [0, 0.1) is 11.3 Å². The zero-order valence-electron chi connectivity index (χ0n) is 11.7. The molecule has 0 aliphatic rings. The average molecular weight is 302 g/mol. The average Bonchev–Trinajstić information content (AvgIpc) is 2.95. The highest BCUT2D eigenvalue weighted by molar-refractivity contribution is 7.08. The highest BCUT2D eigenvalue weighted by Crippen LogP contribution is 2.22. The predicted octanol–water partition coefficient (Wildman–Crippen LogP) is 2.82. The Morgan fingerprint density at radius 2 is 2.33 bits per heavy atom. The van der Waals surface area contributed by atoms with Gasteiger partial charge >= 0.3 is 0 Å². The Morgan fingerprint density at radius 1 is 1.52 bits per heavy atom. The molecule has 2 rings (SSSR count). The third-order valence-corrected chi connectivity index (χ3v) is 3.40. The van der Waals surface area contributed by atoms with Gasteiger partial charge in [-0.15, -0.1) is 5.10 Å². The SMILES string of the molecule is CC(C)c1nnsc1C(=O)Nc1cccc(OCC#N)c1. The molecule has 0 aliphatic heterocycles. The van der Waals surface area contributed by atoms with Gasteiger partial charge in [-0.1, -0.05) is 24.4 Å². The first-order chi connectivity index (χ1) is 10.1. The summed E-state index contributed by atoms with van der Waals surface area (Å²) in [5.41, 5.74) is 1.29. The molecule has 108 valence electrons. The standard InChI is InChI=1S/C14H14N4O2S/c1-9(2)12-13(21-18-17-12)14(19)16-10-4-3-5-11(8-10)20-7-6-15/h3-5,8-9H,7H2,1-2H3,(H,16,19). The number of anilines is 1. The van der Waals surface area contributed by atoms with Gasteiger partial charge in [0, 0.05) is 11.8 Å². The molecule has 1 amide bonds. The summed E-state index contributed by atoms with van der Waals surface area (Å²) in [5, 5.41) is 15.3. The van der Waals surface area contributed by atoms with Gasteiger partial charge in [0.2, 0.25) is 0 Å². The van der Waals surface area contributed by atoms with Crippen LogP contribution in [0.3, 0.4) is 0 Å². The fourth-order valence-corrected chi connectivity index (χ4v) is 2.41. The minimum Gasteiger partial charge on any atom is -0.479 e. The lowest BCUT2D eigenvalue weighted by Gasteiger charge is -2.08. The molecule has 0 saturated carbocycles. The second-order valence-electron chi connectivity index (χ2n) is 4.57. The van der Waals surface area contributed by atoms with Crippen LogP contribution >= 0.6 is 11.5 Å². The van der Waals surface area contributed by atoms with Gasteiger partial charge in [0.25, 0.3) is 5.91 Å². The summed E-state index contributed by atoms with van der Waals surface area (Å²) in [4.78, 5) is 12.8. The van der Waals surface area contributed by atoms with Crippen molar-refractivity contribution in [3.8, 4) is 11.8 Å². The second kappa shape index (κ2) is 6.81. The number of nitrogens with zero attached hydrogens (tertiary/aromatic N) is 3. The van der Waals surface area contributed by atoms with E-state index in [1.807, 2.05) is 19.9 Å². The summed E-state index contributed by atoms with van der Waals surface area (Å²) in [6.45, 7) is 3.89. The number of carbonyl (C=O) groups excluding carboxylic acids is 1. The first-order valence-electron chi connectivity index (χ1n) is 6.35. The number of nitrogens with one attached hydrogen (secondary N) is 1. The molecule has 2 aromatic rings. The largest absolute Gasteiger partial charge is 0.479 e. The van der Waals surface area contributed by atoms with Crippen LogP contribution in [0.25, 0.3) is 0 Å². The number of aromatic nitrogens is 2. The van der Waals surface area contributed by atoms with Crippen LogP contribution in [0.1, 0.15) is 35.1 Å². The molecule has 0 unspecified atom stereocenters. The minimum atomic E-state index is -0.244. The van der Waals surface area contributed by atoms with E-state index in [0.29, 0.717) is 22.0 Å². The number of hydrogen-bond acceptors (Lipinski definition) is 6. The van der Waals surface area contributed by atoms with Gasteiger partial charge in [0.05, 0.1) is 5.69 Å². The van der Waals surface area contributed by atoms with Gasteiger partial charge in [-0.05, 0) is 29.6 Å². The third-order valence-electron chi connectivity index (χ3n) is 2.66. The Balaban J connectivity index is 2.12. The van der Waals surface area contributed by atoms with Gasteiger partial charge in [-0.3, -0.25) is 4.79 Å². The molecule has 0 atom stereocenters. The molecule has 0 bridgehead atoms. The zero-order valence-corrected chi connectivity index (χ0v) is 12.5. The highest BCUT2D eigenvalue weighted by atomic mass is 32.1. The van der Waals surface area contributed by atoms with Crippen molar-refractivity contribution in [2.45, 2.75) is 19.8 Å². The molecule has 0 saturated heterocycles. The van der Waals surface area contributed by atoms with Crippen molar-refractivity contribution in [3.05, 3.63) is 34.8 Å². The zero-order chi connectivity index (χ0) is 15.2. The molecule has 7 heteroatoms. The molecule has 1 aromatic carbocycles. The van der Waals surface area contributed by atoms with Gasteiger partial charge < -0.3 is 10.1 Å². The quantitative estimate of drug-likeness (QED) is 0.917. The molecule has 0 radical (unpaired) electrons. The van der Waals surface area contributed by atoms with Crippen molar-refractivity contribution >= 4 is 23.1 Å². The fraction of sp³-hybridized carbons (Fsp3) is 0.286. The lowest BCUT2D eigenvalue weighted by Crippen LogP contribution is -2.13. The highest BCUT2D eigenvalue weighted by Gasteiger charge is 2.18. The number of hydrogen-bond donors (Lipinski definition) is 1. The van der Waals surface area contributed by atoms with Gasteiger partial charge in [0.1, 0.15) is 16.7 Å². The molecule has 1 N–H and O–H groups in total. The van der Waals surface area contributed by atoms with Crippen LogP contribution < -0.4 is 10.1 Å². The Labute approximate surface area is 126 Å². The van der Waals surface area contributed by atoms with Crippen LogP contribution in [-0.4, -0.2) is 22.1 Å². The minimum absolute atomic E-state index is 0.0341. The molecule has 6 nitrogen and oxygen atoms in total. The predicted molar refractivity (Wildman–Crippen MR) is 79.5 cm³/mol. The number of rotatable bonds is 5. The van der Waals surface area contributed by atoms with E-state index in [2.05, 4.69) is 14.9 Å². The van der Waals surface area contributed by atoms with Crippen molar-refractivity contribution in [2.75, 3.05) is 11.9 Å². The first-order valence-corrected chi connectivity index (χ1v) is 7.12. The Morgan fingerprint density at radius 3 is 3.05 bits per heavy atom. The molecular weight excluding hydrogens is 288 g/mol. The van der Waals surface area contributed by atoms with E-state index in [0.717, 1.165) is 11.5 Å². The third kappa shape index (κ3) is 3.77. The smallest absolute Gasteiger partial charge is 0.269 e. The van der Waals surface area contributed by atoms with Crippen molar-refractivity contribution in [1.29, 1.82) is 5.26 Å². The summed E-state index contributed by atoms with van der Waals surface area (Å²) in [6.07, 6.45) is 0. The van der Waals surface area contributed by atoms with E-state index in [4.69, 9.17) is 10.00 Å². The van der Waals surface area contributed by atoms with Crippen LogP contribution in [0.4, 0.5) is 5.69 Å². The van der Waals surface area contributed by atoms with E-state index >= 15 is 0 Å². The number of ether oxygens (including phenoxy) is 1. The second-order valence-corrected chi connectivity index (χ2v) is 5.32. The van der Waals surface area contributed by atoms with E-state index in [-0.39, 0.29) is 18.4 Å². The van der Waals surface area contributed by atoms with Crippen LogP contribution in [0.15, 0.2) is 24.3 Å². The molecule has 0 spiro atoms. The van der Waals surface area contributed by atoms with Crippen molar-refractivity contribution in [3.63, 3.8) is 0 Å². The Bertz CT molecular complexity index is 676. The molecule has 0 fully saturated rings. The van der Waals surface area contributed by atoms with Crippen molar-refractivity contribution < 1.29 is 9.53 Å². The molecular formula is C14H14N4O2S. The molecule has 1 aromatic heterocycles. The Hall–Kier alpha value is -2.46. The van der Waals surface area contributed by atoms with E-state index in [1.165, 1.54) is 0 Å². The van der Waals surface area contributed by atoms with Crippen LogP contribution in [0.5, 0.6) is 5.75 Å². The maximum Gasteiger partial charge on any atom is 0.269 e. The monoisotopic (exact) mass is 302 g/mol. The topological polar surface area (TPSA) is 87.9 Å². The fourth-order valence-electron chi connectivity index (χ4n) is 1.70.